The molecule has 0 radical (unpaired) electrons. The van der Waals surface area contributed by atoms with Crippen molar-refractivity contribution in [1.82, 2.24) is 19.9 Å². The number of nitrogens with zero attached hydrogens (tertiary/aromatic N) is 5. The van der Waals surface area contributed by atoms with Gasteiger partial charge in [-0.2, -0.15) is 9.97 Å². The van der Waals surface area contributed by atoms with E-state index in [1.165, 1.54) is 13.2 Å². The Morgan fingerprint density at radius 1 is 1.05 bits per heavy atom. The fraction of sp³-hybridized carbons (Fsp3) is 0.438. The summed E-state index contributed by atoms with van der Waals surface area (Å²) in [5.41, 5.74) is 0.377. The molecule has 218 valence electrons. The molecule has 3 aliphatic heterocycles. The van der Waals surface area contributed by atoms with E-state index in [9.17, 15) is 9.18 Å². The largest absolute Gasteiger partial charge is 0.469 e. The fourth-order valence-corrected chi connectivity index (χ4v) is 7.20. The molecule has 0 spiro atoms. The molecule has 8 nitrogen and oxygen atoms in total. The summed E-state index contributed by atoms with van der Waals surface area (Å²) in [5, 5.41) is 1.37. The first-order valence-electron chi connectivity index (χ1n) is 14.7. The Balaban J connectivity index is 1.34. The van der Waals surface area contributed by atoms with Crippen molar-refractivity contribution >= 4 is 33.5 Å². The van der Waals surface area contributed by atoms with E-state index in [1.807, 2.05) is 4.90 Å². The van der Waals surface area contributed by atoms with E-state index in [-0.39, 0.29) is 34.6 Å². The quantitative estimate of drug-likeness (QED) is 0.279. The van der Waals surface area contributed by atoms with Crippen LogP contribution in [0, 0.1) is 17.6 Å². The number of carbonyl (C=O) groups is 1. The second-order valence-corrected chi connectivity index (χ2v) is 11.7. The van der Waals surface area contributed by atoms with Crippen LogP contribution in [0.4, 0.5) is 14.6 Å². The van der Waals surface area contributed by atoms with E-state index in [1.54, 1.807) is 36.5 Å². The number of methoxy groups -OCH3 is 1. The van der Waals surface area contributed by atoms with Crippen LogP contribution in [-0.4, -0.2) is 71.3 Å². The molecule has 0 amide bonds. The highest BCUT2D eigenvalue weighted by molar-refractivity contribution is 5.99. The average molecular weight is 574 g/mol. The maximum absolute atomic E-state index is 16.5. The summed E-state index contributed by atoms with van der Waals surface area (Å²) in [5.74, 6) is -1.24. The molecule has 3 fully saturated rings. The molecule has 10 heteroatoms. The van der Waals surface area contributed by atoms with Gasteiger partial charge in [-0.15, -0.1) is 0 Å². The zero-order valence-corrected chi connectivity index (χ0v) is 23.6. The molecule has 5 heterocycles. The molecule has 7 rings (SSSR count). The molecule has 3 saturated heterocycles. The summed E-state index contributed by atoms with van der Waals surface area (Å²) in [6.07, 6.45) is 7.36. The minimum atomic E-state index is -0.667. The zero-order valence-electron chi connectivity index (χ0n) is 23.6. The number of rotatable bonds is 6. The third-order valence-electron chi connectivity index (χ3n) is 9.29. The van der Waals surface area contributed by atoms with Gasteiger partial charge >= 0.3 is 12.0 Å². The van der Waals surface area contributed by atoms with E-state index in [0.717, 1.165) is 45.2 Å². The van der Waals surface area contributed by atoms with Crippen LogP contribution in [-0.2, 0) is 9.53 Å². The maximum atomic E-state index is 16.5. The monoisotopic (exact) mass is 573 g/mol. The van der Waals surface area contributed by atoms with Crippen LogP contribution in [0.1, 0.15) is 38.5 Å². The lowest BCUT2D eigenvalue weighted by Crippen LogP contribution is -2.43. The van der Waals surface area contributed by atoms with Crippen molar-refractivity contribution in [2.24, 2.45) is 5.92 Å². The molecule has 3 aliphatic rings. The Bertz CT molecular complexity index is 1670. The lowest BCUT2D eigenvalue weighted by Gasteiger charge is -2.33. The molecule has 2 aromatic heterocycles. The van der Waals surface area contributed by atoms with Crippen molar-refractivity contribution < 1.29 is 23.0 Å². The predicted octanol–water partition coefficient (Wildman–Crippen LogP) is 5.52. The topological polar surface area (TPSA) is 80.7 Å². The van der Waals surface area contributed by atoms with Crippen molar-refractivity contribution in [2.75, 3.05) is 44.8 Å². The van der Waals surface area contributed by atoms with Crippen LogP contribution in [0.25, 0.3) is 32.9 Å². The lowest BCUT2D eigenvalue weighted by molar-refractivity contribution is -0.145. The number of anilines is 1. The van der Waals surface area contributed by atoms with Gasteiger partial charge in [0.15, 0.2) is 5.82 Å². The van der Waals surface area contributed by atoms with Crippen LogP contribution in [0.2, 0.25) is 0 Å². The number of ether oxygens (including phenoxy) is 2. The van der Waals surface area contributed by atoms with Crippen LogP contribution in [0.5, 0.6) is 6.01 Å². The normalized spacial score (nSPS) is 20.3. The molecule has 0 saturated carbocycles. The Hall–Kier alpha value is -3.92. The van der Waals surface area contributed by atoms with Crippen molar-refractivity contribution in [2.45, 2.75) is 44.1 Å². The predicted molar refractivity (Wildman–Crippen MR) is 155 cm³/mol. The molecule has 4 aromatic rings. The van der Waals surface area contributed by atoms with Crippen LogP contribution in [0.15, 0.2) is 42.6 Å². The Morgan fingerprint density at radius 2 is 1.83 bits per heavy atom. The van der Waals surface area contributed by atoms with Crippen molar-refractivity contribution in [3.05, 3.63) is 54.2 Å². The molecule has 0 N–H and O–H groups in total. The van der Waals surface area contributed by atoms with E-state index < -0.39 is 11.6 Å². The number of hydrogen-bond donors (Lipinski definition) is 0. The fourth-order valence-electron chi connectivity index (χ4n) is 7.20. The van der Waals surface area contributed by atoms with E-state index in [2.05, 4.69) is 14.9 Å². The summed E-state index contributed by atoms with van der Waals surface area (Å²) in [6, 6.07) is 10.1. The number of hydrogen-bond acceptors (Lipinski definition) is 8. The average Bonchev–Trinajstić information content (AvgIpc) is 3.60. The number of pyridine rings is 1. The number of carbonyl (C=O) groups excluding carboxylic acids is 1. The Morgan fingerprint density at radius 3 is 2.62 bits per heavy atom. The molecule has 0 aliphatic carbocycles. The van der Waals surface area contributed by atoms with Crippen molar-refractivity contribution in [3.8, 4) is 17.3 Å². The second-order valence-electron chi connectivity index (χ2n) is 11.7. The van der Waals surface area contributed by atoms with Gasteiger partial charge in [0.2, 0.25) is 0 Å². The molecule has 2 aromatic carbocycles. The van der Waals surface area contributed by atoms with Gasteiger partial charge in [-0.1, -0.05) is 30.3 Å². The van der Waals surface area contributed by atoms with Gasteiger partial charge in [-0.3, -0.25) is 14.7 Å². The van der Waals surface area contributed by atoms with Gasteiger partial charge in [0.1, 0.15) is 29.5 Å². The molecule has 42 heavy (non-hydrogen) atoms. The highest BCUT2D eigenvalue weighted by atomic mass is 19.1. The van der Waals surface area contributed by atoms with Crippen LogP contribution in [0.3, 0.4) is 0 Å². The van der Waals surface area contributed by atoms with Gasteiger partial charge in [0, 0.05) is 30.2 Å². The summed E-state index contributed by atoms with van der Waals surface area (Å²) in [7, 11) is 1.39. The highest BCUT2D eigenvalue weighted by Gasteiger charge is 2.45. The molecule has 0 bridgehead atoms. The number of fused-ring (bicyclic) bond motifs is 3. The van der Waals surface area contributed by atoms with Crippen LogP contribution >= 0.6 is 0 Å². The van der Waals surface area contributed by atoms with Gasteiger partial charge < -0.3 is 14.4 Å². The van der Waals surface area contributed by atoms with Crippen molar-refractivity contribution in [3.63, 3.8) is 0 Å². The summed E-state index contributed by atoms with van der Waals surface area (Å²) in [4.78, 5) is 30.7. The second kappa shape index (κ2) is 10.7. The molecular weight excluding hydrogens is 540 g/mol. The van der Waals surface area contributed by atoms with E-state index in [0.29, 0.717) is 53.7 Å². The third kappa shape index (κ3) is 4.52. The smallest absolute Gasteiger partial charge is 0.319 e. The number of aromatic nitrogens is 3. The first kappa shape index (κ1) is 26.9. The molecular formula is C32H33F2N5O3. The maximum Gasteiger partial charge on any atom is 0.319 e. The summed E-state index contributed by atoms with van der Waals surface area (Å²) in [6.45, 7) is 3.56. The molecule has 1 unspecified atom stereocenters. The van der Waals surface area contributed by atoms with Gasteiger partial charge in [-0.25, -0.2) is 8.78 Å². The van der Waals surface area contributed by atoms with Crippen LogP contribution < -0.4 is 9.64 Å². The third-order valence-corrected chi connectivity index (χ3v) is 9.29. The van der Waals surface area contributed by atoms with E-state index in [4.69, 9.17) is 14.5 Å². The van der Waals surface area contributed by atoms with E-state index >= 15 is 4.39 Å². The summed E-state index contributed by atoms with van der Waals surface area (Å²) < 4.78 is 42.8. The van der Waals surface area contributed by atoms with Crippen molar-refractivity contribution in [1.29, 1.82) is 0 Å². The number of halogens is 2. The minimum Gasteiger partial charge on any atom is -0.469 e. The van der Waals surface area contributed by atoms with Gasteiger partial charge in [-0.05, 0) is 63.1 Å². The number of piperidine rings is 1. The standard InChI is InChI=1S/C32H33F2N5O3/c1-41-30(40)21-9-4-14-38(18-21)29-23-17-35-27(22-10-2-7-20-8-3-11-24(33)25(20)22)26(34)28(23)36-31(37-29)42-19-32-12-5-15-39(32)16-6-13-32/h2-3,7-8,10-11,17,21H,4-6,9,12-16,18-19H2,1H3. The number of esters is 1. The Labute approximate surface area is 242 Å². The Kier molecular flexibility index (Phi) is 6.88. The first-order chi connectivity index (χ1) is 20.5. The van der Waals surface area contributed by atoms with Gasteiger partial charge in [0.05, 0.1) is 24.0 Å². The lowest BCUT2D eigenvalue weighted by atomic mass is 9.95. The first-order valence-corrected chi connectivity index (χ1v) is 14.7. The SMILES string of the molecule is COC(=O)C1CCCN(c2nc(OCC34CCCN3CCC4)nc3c(F)c(-c4cccc5cccc(F)c45)ncc23)C1. The van der Waals surface area contributed by atoms with Gasteiger partial charge in [0.25, 0.3) is 0 Å². The number of benzene rings is 2. The molecule has 1 atom stereocenters. The zero-order chi connectivity index (χ0) is 28.8. The summed E-state index contributed by atoms with van der Waals surface area (Å²) >= 11 is 0. The highest BCUT2D eigenvalue weighted by Crippen LogP contribution is 2.40. The minimum absolute atomic E-state index is 0.0104.